The Kier molecular flexibility index (Phi) is 4.39. The number of hydrogen-bond acceptors (Lipinski definition) is 3. The maximum absolute atomic E-state index is 13.6. The first kappa shape index (κ1) is 14.3. The fraction of sp³-hybridized carbons (Fsp3) is 0.562. The second-order valence-electron chi connectivity index (χ2n) is 5.77. The van der Waals surface area contributed by atoms with Crippen LogP contribution >= 0.6 is 0 Å². The summed E-state index contributed by atoms with van der Waals surface area (Å²) in [5.74, 6) is 0.282. The Balaban J connectivity index is 1.70. The highest BCUT2D eigenvalue weighted by molar-refractivity contribution is 5.97. The minimum Gasteiger partial charge on any atom is -0.466 e. The highest BCUT2D eigenvalue weighted by atomic mass is 19.1. The SMILES string of the molecule is O=C(NCC1CCCCC1)c1cc(F)cc2c1OCOC2. The molecule has 114 valence electrons. The lowest BCUT2D eigenvalue weighted by molar-refractivity contribution is -0.0170. The summed E-state index contributed by atoms with van der Waals surface area (Å²) in [6.45, 7) is 1.03. The molecule has 0 aromatic heterocycles. The molecule has 1 aromatic rings. The lowest BCUT2D eigenvalue weighted by atomic mass is 9.89. The van der Waals surface area contributed by atoms with E-state index in [0.717, 1.165) is 12.8 Å². The van der Waals surface area contributed by atoms with Gasteiger partial charge in [0.1, 0.15) is 11.6 Å². The molecule has 21 heavy (non-hydrogen) atoms. The number of halogens is 1. The molecular weight excluding hydrogens is 273 g/mol. The van der Waals surface area contributed by atoms with E-state index in [-0.39, 0.29) is 24.9 Å². The molecule has 1 aliphatic carbocycles. The average molecular weight is 293 g/mol. The normalized spacial score (nSPS) is 18.7. The molecule has 0 spiro atoms. The van der Waals surface area contributed by atoms with E-state index in [9.17, 15) is 9.18 Å². The zero-order chi connectivity index (χ0) is 14.7. The zero-order valence-electron chi connectivity index (χ0n) is 12.0. The number of carbonyl (C=O) groups is 1. The van der Waals surface area contributed by atoms with Crippen molar-refractivity contribution in [1.29, 1.82) is 0 Å². The van der Waals surface area contributed by atoms with Crippen LogP contribution in [0, 0.1) is 11.7 Å². The van der Waals surface area contributed by atoms with Crippen molar-refractivity contribution < 1.29 is 18.7 Å². The van der Waals surface area contributed by atoms with Gasteiger partial charge < -0.3 is 14.8 Å². The molecule has 0 bridgehead atoms. The summed E-state index contributed by atoms with van der Waals surface area (Å²) in [6.07, 6.45) is 6.07. The predicted molar refractivity (Wildman–Crippen MR) is 75.6 cm³/mol. The first-order valence-electron chi connectivity index (χ1n) is 7.55. The van der Waals surface area contributed by atoms with E-state index in [2.05, 4.69) is 5.32 Å². The van der Waals surface area contributed by atoms with E-state index in [1.165, 1.54) is 31.4 Å². The van der Waals surface area contributed by atoms with Crippen molar-refractivity contribution in [3.63, 3.8) is 0 Å². The Morgan fingerprint density at radius 3 is 2.90 bits per heavy atom. The van der Waals surface area contributed by atoms with Gasteiger partial charge >= 0.3 is 0 Å². The van der Waals surface area contributed by atoms with Gasteiger partial charge in [0.15, 0.2) is 6.79 Å². The molecule has 4 nitrogen and oxygen atoms in total. The number of benzene rings is 1. The Hall–Kier alpha value is -1.62. The van der Waals surface area contributed by atoms with Crippen molar-refractivity contribution in [2.45, 2.75) is 38.7 Å². The molecule has 5 heteroatoms. The molecule has 1 heterocycles. The highest BCUT2D eigenvalue weighted by Crippen LogP contribution is 2.29. The number of hydrogen-bond donors (Lipinski definition) is 1. The maximum Gasteiger partial charge on any atom is 0.255 e. The van der Waals surface area contributed by atoms with E-state index < -0.39 is 5.82 Å². The second kappa shape index (κ2) is 6.43. The summed E-state index contributed by atoms with van der Waals surface area (Å²) in [5.41, 5.74) is 0.855. The van der Waals surface area contributed by atoms with Gasteiger partial charge in [0.2, 0.25) is 0 Å². The molecule has 3 rings (SSSR count). The van der Waals surface area contributed by atoms with E-state index in [1.807, 2.05) is 0 Å². The van der Waals surface area contributed by atoms with Crippen LogP contribution < -0.4 is 10.1 Å². The minimum atomic E-state index is -0.439. The first-order valence-corrected chi connectivity index (χ1v) is 7.55. The summed E-state index contributed by atoms with van der Waals surface area (Å²) in [5, 5.41) is 2.92. The molecular formula is C16H20FNO3. The van der Waals surface area contributed by atoms with Gasteiger partial charge in [-0.3, -0.25) is 4.79 Å². The Labute approximate surface area is 123 Å². The molecule has 2 aliphatic rings. The molecule has 1 fully saturated rings. The fourth-order valence-electron chi connectivity index (χ4n) is 3.07. The van der Waals surface area contributed by atoms with Crippen molar-refractivity contribution in [3.8, 4) is 5.75 Å². The van der Waals surface area contributed by atoms with Crippen LogP contribution in [-0.2, 0) is 11.3 Å². The molecule has 0 saturated heterocycles. The maximum atomic E-state index is 13.6. The molecule has 1 aliphatic heterocycles. The van der Waals surface area contributed by atoms with E-state index >= 15 is 0 Å². The third kappa shape index (κ3) is 3.35. The van der Waals surface area contributed by atoms with Crippen LogP contribution in [0.1, 0.15) is 48.0 Å². The van der Waals surface area contributed by atoms with Crippen molar-refractivity contribution >= 4 is 5.91 Å². The van der Waals surface area contributed by atoms with Crippen molar-refractivity contribution in [1.82, 2.24) is 5.32 Å². The van der Waals surface area contributed by atoms with E-state index in [1.54, 1.807) is 0 Å². The number of nitrogens with one attached hydrogen (secondary N) is 1. The quantitative estimate of drug-likeness (QED) is 0.932. The smallest absolute Gasteiger partial charge is 0.255 e. The molecule has 0 unspecified atom stereocenters. The van der Waals surface area contributed by atoms with Crippen LogP contribution in [0.15, 0.2) is 12.1 Å². The number of fused-ring (bicyclic) bond motifs is 1. The standard InChI is InChI=1S/C16H20FNO3/c17-13-6-12-9-20-10-21-15(12)14(7-13)16(19)18-8-11-4-2-1-3-5-11/h6-7,11H,1-5,8-10H2,(H,18,19). The van der Waals surface area contributed by atoms with Crippen LogP contribution in [-0.4, -0.2) is 19.2 Å². The van der Waals surface area contributed by atoms with Crippen LogP contribution in [0.25, 0.3) is 0 Å². The summed E-state index contributed by atoms with van der Waals surface area (Å²) >= 11 is 0. The van der Waals surface area contributed by atoms with Crippen LogP contribution in [0.2, 0.25) is 0 Å². The molecule has 1 N–H and O–H groups in total. The van der Waals surface area contributed by atoms with Gasteiger partial charge in [-0.25, -0.2) is 4.39 Å². The van der Waals surface area contributed by atoms with Gasteiger partial charge in [-0.1, -0.05) is 19.3 Å². The second-order valence-corrected chi connectivity index (χ2v) is 5.77. The van der Waals surface area contributed by atoms with Gasteiger partial charge in [0.05, 0.1) is 12.2 Å². The third-order valence-corrected chi connectivity index (χ3v) is 4.20. The van der Waals surface area contributed by atoms with Crippen molar-refractivity contribution in [2.75, 3.05) is 13.3 Å². The van der Waals surface area contributed by atoms with Crippen molar-refractivity contribution in [3.05, 3.63) is 29.1 Å². The van der Waals surface area contributed by atoms with Crippen LogP contribution in [0.4, 0.5) is 4.39 Å². The van der Waals surface area contributed by atoms with Crippen LogP contribution in [0.5, 0.6) is 5.75 Å². The summed E-state index contributed by atoms with van der Waals surface area (Å²) in [6, 6.07) is 2.59. The topological polar surface area (TPSA) is 47.6 Å². The fourth-order valence-corrected chi connectivity index (χ4v) is 3.07. The first-order chi connectivity index (χ1) is 10.2. The summed E-state index contributed by atoms with van der Waals surface area (Å²) in [7, 11) is 0. The Bertz CT molecular complexity index is 526. The van der Waals surface area contributed by atoms with Crippen LogP contribution in [0.3, 0.4) is 0 Å². The summed E-state index contributed by atoms with van der Waals surface area (Å²) in [4.78, 5) is 12.3. The van der Waals surface area contributed by atoms with Gasteiger partial charge in [-0.2, -0.15) is 0 Å². The van der Waals surface area contributed by atoms with E-state index in [0.29, 0.717) is 23.8 Å². The van der Waals surface area contributed by atoms with Gasteiger partial charge in [0, 0.05) is 12.1 Å². The van der Waals surface area contributed by atoms with Gasteiger partial charge in [-0.05, 0) is 30.9 Å². The monoisotopic (exact) mass is 293 g/mol. The Morgan fingerprint density at radius 1 is 1.29 bits per heavy atom. The molecule has 1 amide bonds. The average Bonchev–Trinajstić information content (AvgIpc) is 2.52. The summed E-state index contributed by atoms with van der Waals surface area (Å²) < 4.78 is 24.1. The number of ether oxygens (including phenoxy) is 2. The van der Waals surface area contributed by atoms with Crippen molar-refractivity contribution in [2.24, 2.45) is 5.92 Å². The largest absolute Gasteiger partial charge is 0.466 e. The molecule has 0 radical (unpaired) electrons. The predicted octanol–water partition coefficient (Wildman–Crippen LogP) is 3.00. The zero-order valence-corrected chi connectivity index (χ0v) is 12.0. The minimum absolute atomic E-state index is 0.0987. The number of rotatable bonds is 3. The number of amides is 1. The van der Waals surface area contributed by atoms with E-state index in [4.69, 9.17) is 9.47 Å². The number of carbonyl (C=O) groups excluding carboxylic acids is 1. The lowest BCUT2D eigenvalue weighted by Crippen LogP contribution is -2.31. The highest BCUT2D eigenvalue weighted by Gasteiger charge is 2.22. The molecule has 0 atom stereocenters. The molecule has 1 saturated carbocycles. The molecule has 1 aromatic carbocycles. The van der Waals surface area contributed by atoms with Gasteiger partial charge in [0.25, 0.3) is 5.91 Å². The Morgan fingerprint density at radius 2 is 2.10 bits per heavy atom. The lowest BCUT2D eigenvalue weighted by Gasteiger charge is -2.23. The van der Waals surface area contributed by atoms with Gasteiger partial charge in [-0.15, -0.1) is 0 Å². The third-order valence-electron chi connectivity index (χ3n) is 4.20.